The van der Waals surface area contributed by atoms with Crippen LogP contribution < -0.4 is 5.32 Å². The van der Waals surface area contributed by atoms with Gasteiger partial charge in [0, 0.05) is 13.2 Å². The molecule has 1 aromatic heterocycles. The number of hydrogen-bond donors (Lipinski definition) is 1. The molecule has 2 rings (SSSR count). The normalized spacial score (nSPS) is 15.8. The molecule has 1 aliphatic carbocycles. The number of nitrogens with zero attached hydrogens (tertiary/aromatic N) is 2. The molecule has 0 spiro atoms. The van der Waals surface area contributed by atoms with E-state index in [1.807, 2.05) is 0 Å². The molecule has 0 unspecified atom stereocenters. The van der Waals surface area contributed by atoms with E-state index in [1.54, 1.807) is 0 Å². The molecule has 94 valence electrons. The molecule has 6 nitrogen and oxygen atoms in total. The Morgan fingerprint density at radius 2 is 2.06 bits per heavy atom. The Hall–Kier alpha value is -1.21. The molecule has 0 bridgehead atoms. The van der Waals surface area contributed by atoms with Crippen molar-refractivity contribution < 1.29 is 13.2 Å². The highest BCUT2D eigenvalue weighted by Gasteiger charge is 2.22. The lowest BCUT2D eigenvalue weighted by atomic mass is 10.6. The van der Waals surface area contributed by atoms with E-state index < -0.39 is 9.84 Å². The standard InChI is InChI=1S/C10H15N3O3S/c1-16-4-5-17(14,15)9-6-11-10(12-7-9)13-8-2-3-8/h6-8H,2-5H2,1H3,(H,11,12,13). The highest BCUT2D eigenvalue weighted by atomic mass is 32.2. The van der Waals surface area contributed by atoms with E-state index >= 15 is 0 Å². The van der Waals surface area contributed by atoms with Crippen LogP contribution in [0.1, 0.15) is 12.8 Å². The van der Waals surface area contributed by atoms with Crippen molar-refractivity contribution in [2.75, 3.05) is 24.8 Å². The van der Waals surface area contributed by atoms with Gasteiger partial charge >= 0.3 is 0 Å². The average Bonchev–Trinajstić information content (AvgIpc) is 3.11. The zero-order valence-corrected chi connectivity index (χ0v) is 10.4. The quantitative estimate of drug-likeness (QED) is 0.798. The summed E-state index contributed by atoms with van der Waals surface area (Å²) in [5.41, 5.74) is 0. The van der Waals surface area contributed by atoms with Crippen molar-refractivity contribution >= 4 is 15.8 Å². The maximum absolute atomic E-state index is 11.8. The Morgan fingerprint density at radius 3 is 2.59 bits per heavy atom. The van der Waals surface area contributed by atoms with Gasteiger partial charge < -0.3 is 10.1 Å². The third-order valence-corrected chi connectivity index (χ3v) is 4.09. The predicted octanol–water partition coefficient (Wildman–Crippen LogP) is 0.471. The van der Waals surface area contributed by atoms with Crippen LogP contribution >= 0.6 is 0 Å². The first-order valence-corrected chi connectivity index (χ1v) is 7.07. The Morgan fingerprint density at radius 1 is 1.41 bits per heavy atom. The first-order chi connectivity index (χ1) is 8.12. The van der Waals surface area contributed by atoms with Gasteiger partial charge in [0.15, 0.2) is 9.84 Å². The van der Waals surface area contributed by atoms with Crippen LogP contribution in [0.4, 0.5) is 5.95 Å². The largest absolute Gasteiger partial charge is 0.384 e. The van der Waals surface area contributed by atoms with Gasteiger partial charge in [0.1, 0.15) is 4.90 Å². The van der Waals surface area contributed by atoms with Gasteiger partial charge in [-0.15, -0.1) is 0 Å². The van der Waals surface area contributed by atoms with Gasteiger partial charge in [-0.3, -0.25) is 0 Å². The zero-order valence-electron chi connectivity index (χ0n) is 9.59. The number of hydrogen-bond acceptors (Lipinski definition) is 6. The van der Waals surface area contributed by atoms with Crippen molar-refractivity contribution in [2.24, 2.45) is 0 Å². The van der Waals surface area contributed by atoms with Gasteiger partial charge in [0.2, 0.25) is 5.95 Å². The predicted molar refractivity (Wildman–Crippen MR) is 62.6 cm³/mol. The van der Waals surface area contributed by atoms with Gasteiger partial charge in [0.05, 0.1) is 24.8 Å². The van der Waals surface area contributed by atoms with Crippen LogP contribution in [0, 0.1) is 0 Å². The minimum atomic E-state index is -3.33. The molecule has 0 radical (unpaired) electrons. The monoisotopic (exact) mass is 257 g/mol. The number of sulfone groups is 1. The van der Waals surface area contributed by atoms with Crippen LogP contribution in [0.5, 0.6) is 0 Å². The average molecular weight is 257 g/mol. The van der Waals surface area contributed by atoms with Gasteiger partial charge in [-0.2, -0.15) is 0 Å². The summed E-state index contributed by atoms with van der Waals surface area (Å²) < 4.78 is 28.3. The van der Waals surface area contributed by atoms with Crippen molar-refractivity contribution in [1.29, 1.82) is 0 Å². The highest BCUT2D eigenvalue weighted by Crippen LogP contribution is 2.22. The van der Waals surface area contributed by atoms with Crippen molar-refractivity contribution in [3.05, 3.63) is 12.4 Å². The molecule has 0 saturated heterocycles. The van der Waals surface area contributed by atoms with E-state index in [0.29, 0.717) is 12.0 Å². The summed E-state index contributed by atoms with van der Waals surface area (Å²) in [6.45, 7) is 0.171. The van der Waals surface area contributed by atoms with E-state index in [4.69, 9.17) is 4.74 Å². The fourth-order valence-corrected chi connectivity index (χ4v) is 2.32. The van der Waals surface area contributed by atoms with Gasteiger partial charge in [-0.1, -0.05) is 0 Å². The summed E-state index contributed by atoms with van der Waals surface area (Å²) in [6.07, 6.45) is 4.92. The number of aromatic nitrogens is 2. The zero-order chi connectivity index (χ0) is 12.3. The molecule has 0 aromatic carbocycles. The third kappa shape index (κ3) is 3.37. The molecular formula is C10H15N3O3S. The molecule has 0 atom stereocenters. The fraction of sp³-hybridized carbons (Fsp3) is 0.600. The summed E-state index contributed by atoms with van der Waals surface area (Å²) in [6, 6.07) is 0.450. The fourth-order valence-electron chi connectivity index (χ4n) is 1.27. The van der Waals surface area contributed by atoms with Crippen molar-refractivity contribution in [3.8, 4) is 0 Å². The molecule has 1 saturated carbocycles. The van der Waals surface area contributed by atoms with E-state index in [1.165, 1.54) is 19.5 Å². The Balaban J connectivity index is 2.05. The lowest BCUT2D eigenvalue weighted by Crippen LogP contribution is -2.13. The molecule has 1 N–H and O–H groups in total. The lowest BCUT2D eigenvalue weighted by molar-refractivity contribution is 0.217. The van der Waals surface area contributed by atoms with Crippen LogP contribution in [0.25, 0.3) is 0 Å². The molecule has 17 heavy (non-hydrogen) atoms. The molecule has 0 aliphatic heterocycles. The summed E-state index contributed by atoms with van der Waals surface area (Å²) in [5, 5.41) is 3.10. The van der Waals surface area contributed by atoms with Gasteiger partial charge in [0.25, 0.3) is 0 Å². The molecule has 1 aliphatic rings. The van der Waals surface area contributed by atoms with Gasteiger partial charge in [-0.25, -0.2) is 18.4 Å². The van der Waals surface area contributed by atoms with E-state index in [2.05, 4.69) is 15.3 Å². The van der Waals surface area contributed by atoms with Crippen molar-refractivity contribution in [2.45, 2.75) is 23.8 Å². The summed E-state index contributed by atoms with van der Waals surface area (Å²) in [7, 11) is -1.86. The van der Waals surface area contributed by atoms with Crippen molar-refractivity contribution in [3.63, 3.8) is 0 Å². The molecular weight excluding hydrogens is 242 g/mol. The SMILES string of the molecule is COCCS(=O)(=O)c1cnc(NC2CC2)nc1. The highest BCUT2D eigenvalue weighted by molar-refractivity contribution is 7.91. The molecule has 1 fully saturated rings. The second kappa shape index (κ2) is 4.97. The number of anilines is 1. The van der Waals surface area contributed by atoms with Crippen LogP contribution in [-0.4, -0.2) is 43.9 Å². The summed E-state index contributed by atoms with van der Waals surface area (Å²) >= 11 is 0. The molecule has 1 heterocycles. The lowest BCUT2D eigenvalue weighted by Gasteiger charge is -2.05. The summed E-state index contributed by atoms with van der Waals surface area (Å²) in [4.78, 5) is 8.12. The number of ether oxygens (including phenoxy) is 1. The maximum atomic E-state index is 11.8. The van der Waals surface area contributed by atoms with E-state index in [9.17, 15) is 8.42 Å². The Bertz CT molecular complexity index is 468. The van der Waals surface area contributed by atoms with Crippen LogP contribution in [-0.2, 0) is 14.6 Å². The van der Waals surface area contributed by atoms with Crippen LogP contribution in [0.3, 0.4) is 0 Å². The minimum absolute atomic E-state index is 0.0533. The second-order valence-corrected chi connectivity index (χ2v) is 6.08. The van der Waals surface area contributed by atoms with Crippen LogP contribution in [0.2, 0.25) is 0 Å². The topological polar surface area (TPSA) is 81.2 Å². The first-order valence-electron chi connectivity index (χ1n) is 5.42. The minimum Gasteiger partial charge on any atom is -0.384 e. The molecule has 1 aromatic rings. The second-order valence-electron chi connectivity index (χ2n) is 3.97. The number of nitrogens with one attached hydrogen (secondary N) is 1. The Labute approximate surface area is 100 Å². The van der Waals surface area contributed by atoms with Crippen LogP contribution in [0.15, 0.2) is 17.3 Å². The first kappa shape index (κ1) is 12.3. The Kier molecular flexibility index (Phi) is 3.58. The maximum Gasteiger partial charge on any atom is 0.222 e. The summed E-state index contributed by atoms with van der Waals surface area (Å²) in [5.74, 6) is 0.431. The molecule has 7 heteroatoms. The number of rotatable bonds is 6. The number of methoxy groups -OCH3 is 1. The van der Waals surface area contributed by atoms with E-state index in [-0.39, 0.29) is 17.3 Å². The van der Waals surface area contributed by atoms with E-state index in [0.717, 1.165) is 12.8 Å². The van der Waals surface area contributed by atoms with Gasteiger partial charge in [-0.05, 0) is 12.8 Å². The van der Waals surface area contributed by atoms with Crippen molar-refractivity contribution in [1.82, 2.24) is 9.97 Å². The smallest absolute Gasteiger partial charge is 0.222 e. The molecule has 0 amide bonds. The third-order valence-electron chi connectivity index (χ3n) is 2.45.